The van der Waals surface area contributed by atoms with Gasteiger partial charge in [-0.2, -0.15) is 0 Å². The topological polar surface area (TPSA) is 92.4 Å². The van der Waals surface area contributed by atoms with Gasteiger partial charge in [0.2, 0.25) is 5.91 Å². The summed E-state index contributed by atoms with van der Waals surface area (Å²) in [5.74, 6) is -1.66. The number of carbonyl (C=O) groups excluding carboxylic acids is 1. The van der Waals surface area contributed by atoms with Crippen LogP contribution in [0.15, 0.2) is 43.0 Å². The number of hydrogen-bond donors (Lipinski definition) is 3. The standard InChI is InChI=1S/C14H18N2O3/c1-3-7-11(15)12(17)16-14(2,13(18)19)10-8-5-4-6-9-10/h3-6,8-9,11H,1,7,15H2,2H3,(H,16,17)(H,18,19). The average Bonchev–Trinajstić information content (AvgIpc) is 2.39. The minimum Gasteiger partial charge on any atom is -0.479 e. The Morgan fingerprint density at radius 2 is 2.05 bits per heavy atom. The molecule has 0 fully saturated rings. The van der Waals surface area contributed by atoms with Crippen molar-refractivity contribution in [3.8, 4) is 0 Å². The van der Waals surface area contributed by atoms with E-state index < -0.39 is 23.5 Å². The maximum Gasteiger partial charge on any atom is 0.333 e. The molecule has 0 heterocycles. The Morgan fingerprint density at radius 3 is 2.53 bits per heavy atom. The zero-order valence-electron chi connectivity index (χ0n) is 10.8. The van der Waals surface area contributed by atoms with Crippen LogP contribution in [0, 0.1) is 0 Å². The van der Waals surface area contributed by atoms with Crippen molar-refractivity contribution in [2.24, 2.45) is 5.73 Å². The van der Waals surface area contributed by atoms with Crippen molar-refractivity contribution >= 4 is 11.9 Å². The van der Waals surface area contributed by atoms with Crippen LogP contribution in [-0.2, 0) is 15.1 Å². The van der Waals surface area contributed by atoms with Gasteiger partial charge in [0, 0.05) is 0 Å². The molecule has 0 spiro atoms. The van der Waals surface area contributed by atoms with Crippen molar-refractivity contribution in [3.05, 3.63) is 48.6 Å². The Labute approximate surface area is 112 Å². The summed E-state index contributed by atoms with van der Waals surface area (Å²) in [4.78, 5) is 23.3. The molecule has 5 heteroatoms. The Kier molecular flexibility index (Phi) is 4.83. The highest BCUT2D eigenvalue weighted by atomic mass is 16.4. The van der Waals surface area contributed by atoms with Crippen molar-refractivity contribution in [3.63, 3.8) is 0 Å². The maximum absolute atomic E-state index is 11.9. The van der Waals surface area contributed by atoms with E-state index in [0.717, 1.165) is 0 Å². The first-order valence-corrected chi connectivity index (χ1v) is 5.89. The van der Waals surface area contributed by atoms with Crippen LogP contribution in [0.3, 0.4) is 0 Å². The number of carboxylic acids is 1. The summed E-state index contributed by atoms with van der Waals surface area (Å²) in [6, 6.07) is 7.69. The summed E-state index contributed by atoms with van der Waals surface area (Å²) in [5, 5.41) is 11.9. The molecule has 102 valence electrons. The zero-order chi connectivity index (χ0) is 14.5. The second-order valence-corrected chi connectivity index (χ2v) is 4.42. The molecular formula is C14H18N2O3. The molecule has 1 aromatic carbocycles. The number of rotatable bonds is 6. The molecule has 1 rings (SSSR count). The number of hydrogen-bond acceptors (Lipinski definition) is 3. The van der Waals surface area contributed by atoms with Gasteiger partial charge >= 0.3 is 5.97 Å². The van der Waals surface area contributed by atoms with Crippen LogP contribution >= 0.6 is 0 Å². The van der Waals surface area contributed by atoms with E-state index in [2.05, 4.69) is 11.9 Å². The van der Waals surface area contributed by atoms with Gasteiger partial charge in [0.05, 0.1) is 6.04 Å². The lowest BCUT2D eigenvalue weighted by Crippen LogP contribution is -2.54. The molecule has 0 aromatic heterocycles. The lowest BCUT2D eigenvalue weighted by atomic mass is 9.91. The molecule has 4 N–H and O–H groups in total. The predicted molar refractivity (Wildman–Crippen MR) is 72.4 cm³/mol. The summed E-state index contributed by atoms with van der Waals surface area (Å²) in [7, 11) is 0. The molecule has 2 unspecified atom stereocenters. The van der Waals surface area contributed by atoms with Crippen LogP contribution in [-0.4, -0.2) is 23.0 Å². The van der Waals surface area contributed by atoms with Gasteiger partial charge in [-0.05, 0) is 18.9 Å². The summed E-state index contributed by atoms with van der Waals surface area (Å²) in [5.41, 5.74) is 4.62. The molecule has 0 bridgehead atoms. The van der Waals surface area contributed by atoms with Crippen molar-refractivity contribution in [1.29, 1.82) is 0 Å². The molecule has 0 saturated carbocycles. The molecule has 0 aliphatic carbocycles. The molecule has 0 saturated heterocycles. The van der Waals surface area contributed by atoms with Crippen LogP contribution in [0.4, 0.5) is 0 Å². The SMILES string of the molecule is C=CCC(N)C(=O)NC(C)(C(=O)O)c1ccccc1. The molecule has 1 amide bonds. The number of amides is 1. The Hall–Kier alpha value is -2.14. The largest absolute Gasteiger partial charge is 0.479 e. The van der Waals surface area contributed by atoms with Gasteiger partial charge in [0.1, 0.15) is 0 Å². The van der Waals surface area contributed by atoms with E-state index in [1.807, 2.05) is 0 Å². The molecule has 0 radical (unpaired) electrons. The summed E-state index contributed by atoms with van der Waals surface area (Å²) < 4.78 is 0. The van der Waals surface area contributed by atoms with E-state index >= 15 is 0 Å². The lowest BCUT2D eigenvalue weighted by molar-refractivity contribution is -0.147. The number of carbonyl (C=O) groups is 2. The number of nitrogens with one attached hydrogen (secondary N) is 1. The van der Waals surface area contributed by atoms with Gasteiger partial charge in [-0.3, -0.25) is 4.79 Å². The molecule has 5 nitrogen and oxygen atoms in total. The molecular weight excluding hydrogens is 244 g/mol. The fraction of sp³-hybridized carbons (Fsp3) is 0.286. The first-order chi connectivity index (χ1) is 8.91. The van der Waals surface area contributed by atoms with Gasteiger partial charge in [0.25, 0.3) is 0 Å². The highest BCUT2D eigenvalue weighted by Crippen LogP contribution is 2.21. The van der Waals surface area contributed by atoms with Crippen molar-refractivity contribution in [1.82, 2.24) is 5.32 Å². The highest BCUT2D eigenvalue weighted by molar-refractivity contribution is 5.90. The maximum atomic E-state index is 11.9. The lowest BCUT2D eigenvalue weighted by Gasteiger charge is -2.28. The third kappa shape index (κ3) is 3.42. The van der Waals surface area contributed by atoms with E-state index in [9.17, 15) is 14.7 Å². The molecule has 1 aromatic rings. The summed E-state index contributed by atoms with van der Waals surface area (Å²) >= 11 is 0. The minimum absolute atomic E-state index is 0.288. The van der Waals surface area contributed by atoms with Crippen LogP contribution in [0.1, 0.15) is 18.9 Å². The Bertz CT molecular complexity index is 473. The van der Waals surface area contributed by atoms with Crippen LogP contribution in [0.25, 0.3) is 0 Å². The number of nitrogens with two attached hydrogens (primary N) is 1. The van der Waals surface area contributed by atoms with Crippen molar-refractivity contribution in [2.75, 3.05) is 0 Å². The van der Waals surface area contributed by atoms with E-state index in [-0.39, 0.29) is 6.42 Å². The third-order valence-corrected chi connectivity index (χ3v) is 2.91. The van der Waals surface area contributed by atoms with Gasteiger partial charge in [-0.15, -0.1) is 6.58 Å². The van der Waals surface area contributed by atoms with Gasteiger partial charge in [-0.25, -0.2) is 4.79 Å². The normalized spacial score (nSPS) is 15.1. The first kappa shape index (κ1) is 14.9. The summed E-state index contributed by atoms with van der Waals surface area (Å²) in [6.07, 6.45) is 1.81. The fourth-order valence-electron chi connectivity index (χ4n) is 1.65. The molecule has 2 atom stereocenters. The second kappa shape index (κ2) is 6.15. The number of carboxylic acid groups (broad SMARTS) is 1. The Morgan fingerprint density at radius 1 is 1.47 bits per heavy atom. The van der Waals surface area contributed by atoms with E-state index in [0.29, 0.717) is 5.56 Å². The van der Waals surface area contributed by atoms with Crippen LogP contribution in [0.2, 0.25) is 0 Å². The van der Waals surface area contributed by atoms with E-state index in [4.69, 9.17) is 5.73 Å². The Balaban J connectivity index is 2.99. The summed E-state index contributed by atoms with van der Waals surface area (Å²) in [6.45, 7) is 4.93. The van der Waals surface area contributed by atoms with E-state index in [1.54, 1.807) is 30.3 Å². The van der Waals surface area contributed by atoms with E-state index in [1.165, 1.54) is 13.0 Å². The second-order valence-electron chi connectivity index (χ2n) is 4.42. The number of aliphatic carboxylic acids is 1. The van der Waals surface area contributed by atoms with Crippen LogP contribution in [0.5, 0.6) is 0 Å². The van der Waals surface area contributed by atoms with Gasteiger partial charge < -0.3 is 16.2 Å². The smallest absolute Gasteiger partial charge is 0.333 e. The van der Waals surface area contributed by atoms with Gasteiger partial charge in [0.15, 0.2) is 5.54 Å². The monoisotopic (exact) mass is 262 g/mol. The van der Waals surface area contributed by atoms with Gasteiger partial charge in [-0.1, -0.05) is 36.4 Å². The number of benzene rings is 1. The molecule has 0 aliphatic rings. The first-order valence-electron chi connectivity index (χ1n) is 5.89. The minimum atomic E-state index is -1.50. The average molecular weight is 262 g/mol. The highest BCUT2D eigenvalue weighted by Gasteiger charge is 2.37. The quantitative estimate of drug-likeness (QED) is 0.667. The fourth-order valence-corrected chi connectivity index (χ4v) is 1.65. The van der Waals surface area contributed by atoms with Crippen molar-refractivity contribution in [2.45, 2.75) is 24.9 Å². The van der Waals surface area contributed by atoms with Crippen molar-refractivity contribution < 1.29 is 14.7 Å². The predicted octanol–water partition coefficient (Wildman–Crippen LogP) is 1.01. The molecule has 0 aliphatic heterocycles. The zero-order valence-corrected chi connectivity index (χ0v) is 10.8. The third-order valence-electron chi connectivity index (χ3n) is 2.91. The van der Waals surface area contributed by atoms with Crippen LogP contribution < -0.4 is 11.1 Å². The molecule has 19 heavy (non-hydrogen) atoms.